The second-order valence-electron chi connectivity index (χ2n) is 4.14. The molecule has 1 atom stereocenters. The van der Waals surface area contributed by atoms with Gasteiger partial charge in [-0.15, -0.1) is 0 Å². The number of aromatic nitrogens is 3. The predicted molar refractivity (Wildman–Crippen MR) is 67.7 cm³/mol. The third-order valence-corrected chi connectivity index (χ3v) is 2.79. The summed E-state index contributed by atoms with van der Waals surface area (Å²) in [4.78, 5) is 4.48. The van der Waals surface area contributed by atoms with Crippen molar-refractivity contribution in [3.05, 3.63) is 47.5 Å². The fourth-order valence-corrected chi connectivity index (χ4v) is 1.97. The molecule has 1 N–H and O–H groups in total. The van der Waals surface area contributed by atoms with Gasteiger partial charge < -0.3 is 5.32 Å². The molecule has 17 heavy (non-hydrogen) atoms. The molecule has 0 fully saturated rings. The molecule has 2 aromatic heterocycles. The first-order valence-corrected chi connectivity index (χ1v) is 5.85. The van der Waals surface area contributed by atoms with Gasteiger partial charge in [-0.05, 0) is 25.1 Å². The van der Waals surface area contributed by atoms with Gasteiger partial charge in [0.05, 0.1) is 17.9 Å². The van der Waals surface area contributed by atoms with Crippen molar-refractivity contribution >= 4 is 0 Å². The van der Waals surface area contributed by atoms with Crippen LogP contribution >= 0.6 is 0 Å². The lowest BCUT2D eigenvalue weighted by molar-refractivity contribution is 0.611. The minimum atomic E-state index is 0.120. The topological polar surface area (TPSA) is 42.7 Å². The lowest BCUT2D eigenvalue weighted by Gasteiger charge is -2.17. The highest BCUT2D eigenvalue weighted by Crippen LogP contribution is 2.22. The Labute approximate surface area is 102 Å². The highest BCUT2D eigenvalue weighted by Gasteiger charge is 2.17. The van der Waals surface area contributed by atoms with E-state index in [4.69, 9.17) is 0 Å². The predicted octanol–water partition coefficient (Wildman–Crippen LogP) is 1.82. The van der Waals surface area contributed by atoms with Gasteiger partial charge in [0.25, 0.3) is 0 Å². The normalized spacial score (nSPS) is 12.6. The number of hydrogen-bond donors (Lipinski definition) is 1. The highest BCUT2D eigenvalue weighted by molar-refractivity contribution is 5.29. The van der Waals surface area contributed by atoms with Crippen LogP contribution in [0.1, 0.15) is 29.8 Å². The van der Waals surface area contributed by atoms with E-state index in [0.717, 1.165) is 17.8 Å². The molecule has 0 bridgehead atoms. The first-order chi connectivity index (χ1) is 8.22. The Morgan fingerprint density at radius 2 is 2.29 bits per heavy atom. The zero-order chi connectivity index (χ0) is 12.3. The fraction of sp³-hybridized carbons (Fsp3) is 0.385. The highest BCUT2D eigenvalue weighted by atomic mass is 15.2. The molecule has 2 heterocycles. The van der Waals surface area contributed by atoms with E-state index in [0.29, 0.717) is 0 Å². The van der Waals surface area contributed by atoms with Crippen LogP contribution in [0.3, 0.4) is 0 Å². The molecule has 0 radical (unpaired) electrons. The van der Waals surface area contributed by atoms with E-state index in [9.17, 15) is 0 Å². The van der Waals surface area contributed by atoms with Crippen LogP contribution in [0, 0.1) is 6.92 Å². The van der Waals surface area contributed by atoms with E-state index >= 15 is 0 Å². The third kappa shape index (κ3) is 2.53. The number of hydrogen-bond acceptors (Lipinski definition) is 3. The molecule has 0 aliphatic carbocycles. The number of pyridine rings is 1. The Hall–Kier alpha value is -1.68. The molecule has 2 aromatic rings. The molecule has 4 heteroatoms. The van der Waals surface area contributed by atoms with Gasteiger partial charge in [-0.1, -0.05) is 13.0 Å². The Balaban J connectivity index is 2.39. The fourth-order valence-electron chi connectivity index (χ4n) is 1.97. The average Bonchev–Trinajstić information content (AvgIpc) is 2.74. The summed E-state index contributed by atoms with van der Waals surface area (Å²) >= 11 is 0. The Kier molecular flexibility index (Phi) is 3.54. The van der Waals surface area contributed by atoms with Crippen molar-refractivity contribution in [2.45, 2.75) is 19.9 Å². The molecule has 4 nitrogen and oxygen atoms in total. The lowest BCUT2D eigenvalue weighted by atomic mass is 10.0. The van der Waals surface area contributed by atoms with Crippen molar-refractivity contribution in [2.75, 3.05) is 6.54 Å². The SMILES string of the molecule is CCNC(c1cnn(C)c1)c1ncccc1C. The Morgan fingerprint density at radius 1 is 1.47 bits per heavy atom. The molecule has 0 amide bonds. The molecule has 90 valence electrons. The molecule has 0 aromatic carbocycles. The maximum Gasteiger partial charge on any atom is 0.0784 e. The first-order valence-electron chi connectivity index (χ1n) is 5.85. The summed E-state index contributed by atoms with van der Waals surface area (Å²) in [6.45, 7) is 5.08. The molecule has 0 spiro atoms. The van der Waals surface area contributed by atoms with Crippen molar-refractivity contribution < 1.29 is 0 Å². The van der Waals surface area contributed by atoms with E-state index in [2.05, 4.69) is 35.3 Å². The summed E-state index contributed by atoms with van der Waals surface area (Å²) in [6.07, 6.45) is 5.76. The maximum atomic E-state index is 4.48. The van der Waals surface area contributed by atoms with E-state index in [1.165, 1.54) is 5.56 Å². The van der Waals surface area contributed by atoms with Gasteiger partial charge in [-0.3, -0.25) is 9.67 Å². The van der Waals surface area contributed by atoms with Crippen LogP contribution in [0.25, 0.3) is 0 Å². The Morgan fingerprint density at radius 3 is 2.88 bits per heavy atom. The molecule has 2 rings (SSSR count). The lowest BCUT2D eigenvalue weighted by Crippen LogP contribution is -2.23. The van der Waals surface area contributed by atoms with Crippen LogP contribution in [0.2, 0.25) is 0 Å². The van der Waals surface area contributed by atoms with Crippen LogP contribution in [0.4, 0.5) is 0 Å². The minimum absolute atomic E-state index is 0.120. The second kappa shape index (κ2) is 5.10. The number of rotatable bonds is 4. The van der Waals surface area contributed by atoms with Crippen molar-refractivity contribution in [3.8, 4) is 0 Å². The van der Waals surface area contributed by atoms with Gasteiger partial charge in [0.15, 0.2) is 0 Å². The van der Waals surface area contributed by atoms with Crippen molar-refractivity contribution in [3.63, 3.8) is 0 Å². The summed E-state index contributed by atoms with van der Waals surface area (Å²) in [5, 5.41) is 7.68. The number of nitrogens with zero attached hydrogens (tertiary/aromatic N) is 3. The van der Waals surface area contributed by atoms with Crippen molar-refractivity contribution in [1.29, 1.82) is 0 Å². The van der Waals surface area contributed by atoms with Gasteiger partial charge in [-0.2, -0.15) is 5.10 Å². The largest absolute Gasteiger partial charge is 0.305 e. The zero-order valence-corrected chi connectivity index (χ0v) is 10.5. The van der Waals surface area contributed by atoms with Crippen molar-refractivity contribution in [2.24, 2.45) is 7.05 Å². The van der Waals surface area contributed by atoms with Gasteiger partial charge in [0.2, 0.25) is 0 Å². The third-order valence-electron chi connectivity index (χ3n) is 2.79. The van der Waals surface area contributed by atoms with Crippen molar-refractivity contribution in [1.82, 2.24) is 20.1 Å². The quantitative estimate of drug-likeness (QED) is 0.871. The summed E-state index contributed by atoms with van der Waals surface area (Å²) in [7, 11) is 1.93. The molecular weight excluding hydrogens is 212 g/mol. The van der Waals surface area contributed by atoms with E-state index in [-0.39, 0.29) is 6.04 Å². The second-order valence-corrected chi connectivity index (χ2v) is 4.14. The van der Waals surface area contributed by atoms with E-state index in [1.807, 2.05) is 36.4 Å². The van der Waals surface area contributed by atoms with Crippen LogP contribution < -0.4 is 5.32 Å². The average molecular weight is 230 g/mol. The molecule has 0 saturated heterocycles. The van der Waals surface area contributed by atoms with Gasteiger partial charge in [0.1, 0.15) is 0 Å². The molecule has 0 aliphatic heterocycles. The minimum Gasteiger partial charge on any atom is -0.305 e. The molecule has 0 aliphatic rings. The smallest absolute Gasteiger partial charge is 0.0784 e. The maximum absolute atomic E-state index is 4.48. The van der Waals surface area contributed by atoms with Crippen LogP contribution in [0.15, 0.2) is 30.7 Å². The molecule has 0 saturated carbocycles. The summed E-state index contributed by atoms with van der Waals surface area (Å²) < 4.78 is 1.82. The van der Waals surface area contributed by atoms with Crippen LogP contribution in [-0.2, 0) is 7.05 Å². The van der Waals surface area contributed by atoms with Gasteiger partial charge in [0, 0.05) is 25.0 Å². The van der Waals surface area contributed by atoms with Crippen LogP contribution in [-0.4, -0.2) is 21.3 Å². The van der Waals surface area contributed by atoms with Crippen LogP contribution in [0.5, 0.6) is 0 Å². The summed E-state index contributed by atoms with van der Waals surface area (Å²) in [5.74, 6) is 0. The van der Waals surface area contributed by atoms with Gasteiger partial charge in [-0.25, -0.2) is 0 Å². The zero-order valence-electron chi connectivity index (χ0n) is 10.5. The number of aryl methyl sites for hydroxylation is 2. The van der Waals surface area contributed by atoms with Gasteiger partial charge >= 0.3 is 0 Å². The number of nitrogens with one attached hydrogen (secondary N) is 1. The van der Waals surface area contributed by atoms with E-state index in [1.54, 1.807) is 0 Å². The molecule has 1 unspecified atom stereocenters. The van der Waals surface area contributed by atoms with E-state index < -0.39 is 0 Å². The standard InChI is InChI=1S/C13H18N4/c1-4-14-13(11-8-16-17(3)9-11)12-10(2)6-5-7-15-12/h5-9,13-14H,4H2,1-3H3. The summed E-state index contributed by atoms with van der Waals surface area (Å²) in [6, 6.07) is 4.17. The molecular formula is C13H18N4. The monoisotopic (exact) mass is 230 g/mol. The Bertz CT molecular complexity index is 490. The first kappa shape index (κ1) is 11.8. The summed E-state index contributed by atoms with van der Waals surface area (Å²) in [5.41, 5.74) is 3.42.